The van der Waals surface area contributed by atoms with Crippen LogP contribution in [0, 0.1) is 0 Å². The highest BCUT2D eigenvalue weighted by molar-refractivity contribution is 7.98. The summed E-state index contributed by atoms with van der Waals surface area (Å²) in [7, 11) is -3.87. The van der Waals surface area contributed by atoms with Crippen molar-refractivity contribution in [3.63, 3.8) is 0 Å². The van der Waals surface area contributed by atoms with Crippen LogP contribution in [0.2, 0.25) is 5.02 Å². The van der Waals surface area contributed by atoms with Crippen molar-refractivity contribution in [3.05, 3.63) is 53.1 Å². The van der Waals surface area contributed by atoms with E-state index in [1.54, 1.807) is 24.3 Å². The number of carbonyl (C=O) groups excluding carboxylic acids is 1. The minimum absolute atomic E-state index is 0.0453. The molecule has 0 atom stereocenters. The van der Waals surface area contributed by atoms with Gasteiger partial charge in [0.2, 0.25) is 10.0 Å². The number of thioether (sulfide) groups is 1. The molecule has 0 radical (unpaired) electrons. The first-order chi connectivity index (χ1) is 15.4. The molecule has 1 aromatic heterocycles. The first-order valence-electron chi connectivity index (χ1n) is 9.56. The number of hydrogen-bond donors (Lipinski definition) is 1. The van der Waals surface area contributed by atoms with Crippen LogP contribution in [0.4, 0.5) is 5.69 Å². The second kappa shape index (κ2) is 9.59. The van der Waals surface area contributed by atoms with Gasteiger partial charge in [-0.3, -0.25) is 4.79 Å². The van der Waals surface area contributed by atoms with Gasteiger partial charge in [-0.2, -0.15) is 4.31 Å². The molecule has 12 heteroatoms. The Balaban J connectivity index is 1.62. The van der Waals surface area contributed by atoms with E-state index in [4.69, 9.17) is 20.8 Å². The van der Waals surface area contributed by atoms with Crippen LogP contribution < -0.4 is 5.32 Å². The van der Waals surface area contributed by atoms with Gasteiger partial charge in [0.15, 0.2) is 0 Å². The zero-order valence-corrected chi connectivity index (χ0v) is 19.3. The minimum atomic E-state index is -3.87. The monoisotopic (exact) mass is 494 g/mol. The number of benzene rings is 2. The fraction of sp³-hybridized carbons (Fsp3) is 0.250. The van der Waals surface area contributed by atoms with E-state index in [0.717, 1.165) is 0 Å². The van der Waals surface area contributed by atoms with Gasteiger partial charge in [-0.25, -0.2) is 8.42 Å². The van der Waals surface area contributed by atoms with E-state index in [2.05, 4.69) is 15.5 Å². The molecule has 32 heavy (non-hydrogen) atoms. The number of morpholine rings is 1. The highest BCUT2D eigenvalue weighted by atomic mass is 35.5. The van der Waals surface area contributed by atoms with Gasteiger partial charge in [0.1, 0.15) is 4.90 Å². The highest BCUT2D eigenvalue weighted by Gasteiger charge is 2.29. The second-order valence-electron chi connectivity index (χ2n) is 6.74. The van der Waals surface area contributed by atoms with Crippen LogP contribution in [-0.4, -0.2) is 61.4 Å². The Kier molecular flexibility index (Phi) is 6.82. The van der Waals surface area contributed by atoms with Crippen LogP contribution in [-0.2, 0) is 14.8 Å². The van der Waals surface area contributed by atoms with E-state index >= 15 is 0 Å². The minimum Gasteiger partial charge on any atom is -0.411 e. The van der Waals surface area contributed by atoms with Crippen LogP contribution in [0.1, 0.15) is 10.4 Å². The van der Waals surface area contributed by atoms with E-state index in [1.807, 2.05) is 6.26 Å². The molecule has 0 unspecified atom stereocenters. The van der Waals surface area contributed by atoms with Crippen molar-refractivity contribution in [1.29, 1.82) is 0 Å². The molecule has 1 fully saturated rings. The summed E-state index contributed by atoms with van der Waals surface area (Å²) < 4.78 is 38.2. The third-order valence-corrected chi connectivity index (χ3v) is 7.66. The van der Waals surface area contributed by atoms with Gasteiger partial charge < -0.3 is 14.5 Å². The Morgan fingerprint density at radius 2 is 1.91 bits per heavy atom. The van der Waals surface area contributed by atoms with Crippen LogP contribution in [0.5, 0.6) is 0 Å². The van der Waals surface area contributed by atoms with Crippen molar-refractivity contribution in [1.82, 2.24) is 14.5 Å². The molecule has 9 nitrogen and oxygen atoms in total. The first kappa shape index (κ1) is 22.7. The second-order valence-corrected chi connectivity index (χ2v) is 9.81. The molecular formula is C20H19ClN4O5S2. The lowest BCUT2D eigenvalue weighted by Crippen LogP contribution is -2.40. The summed E-state index contributed by atoms with van der Waals surface area (Å²) in [5, 5.41) is 11.2. The fourth-order valence-corrected chi connectivity index (χ4v) is 5.34. The number of halogens is 1. The number of rotatable bonds is 6. The molecule has 1 aliphatic rings. The van der Waals surface area contributed by atoms with Gasteiger partial charge in [0, 0.05) is 18.7 Å². The number of anilines is 1. The Labute approximate surface area is 194 Å². The summed E-state index contributed by atoms with van der Waals surface area (Å²) >= 11 is 7.50. The Bertz CT molecular complexity index is 1240. The maximum atomic E-state index is 13.0. The van der Waals surface area contributed by atoms with Crippen molar-refractivity contribution in [2.24, 2.45) is 0 Å². The van der Waals surface area contributed by atoms with E-state index < -0.39 is 15.9 Å². The van der Waals surface area contributed by atoms with Gasteiger partial charge in [0.25, 0.3) is 17.0 Å². The number of hydrogen-bond acceptors (Lipinski definition) is 8. The number of para-hydroxylation sites is 1. The molecule has 1 saturated heterocycles. The fourth-order valence-electron chi connectivity index (χ4n) is 3.14. The van der Waals surface area contributed by atoms with Crippen molar-refractivity contribution in [2.45, 2.75) is 10.1 Å². The topological polar surface area (TPSA) is 115 Å². The molecule has 1 amide bonds. The predicted octanol–water partition coefficient (Wildman–Crippen LogP) is 3.39. The number of sulfonamides is 1. The summed E-state index contributed by atoms with van der Waals surface area (Å²) in [6.07, 6.45) is 1.81. The van der Waals surface area contributed by atoms with Gasteiger partial charge in [-0.15, -0.1) is 10.2 Å². The standard InChI is InChI=1S/C20H19ClN4O5S2/c1-31-20-24-23-19(30-20)14-4-2-3-5-16(14)22-18(26)13-6-7-15(21)17(12-13)32(27,28)25-8-10-29-11-9-25/h2-7,12H,8-11H2,1H3,(H,22,26). The summed E-state index contributed by atoms with van der Waals surface area (Å²) in [6, 6.07) is 11.1. The summed E-state index contributed by atoms with van der Waals surface area (Å²) in [5.74, 6) is -0.242. The molecular weight excluding hydrogens is 476 g/mol. The SMILES string of the molecule is CSc1nnc(-c2ccccc2NC(=O)c2ccc(Cl)c(S(=O)(=O)N3CCOCC3)c2)o1. The van der Waals surface area contributed by atoms with E-state index in [-0.39, 0.29) is 34.5 Å². The molecule has 4 rings (SSSR count). The Morgan fingerprint density at radius 1 is 1.16 bits per heavy atom. The Hall–Kier alpha value is -2.44. The summed E-state index contributed by atoms with van der Waals surface area (Å²) in [5.41, 5.74) is 1.14. The summed E-state index contributed by atoms with van der Waals surface area (Å²) in [4.78, 5) is 12.9. The smallest absolute Gasteiger partial charge is 0.276 e. The van der Waals surface area contributed by atoms with Gasteiger partial charge in [-0.1, -0.05) is 35.5 Å². The lowest BCUT2D eigenvalue weighted by Gasteiger charge is -2.26. The van der Waals surface area contributed by atoms with Gasteiger partial charge in [0.05, 0.1) is 29.5 Å². The third-order valence-electron chi connectivity index (χ3n) is 4.77. The quantitative estimate of drug-likeness (QED) is 0.518. The number of nitrogens with zero attached hydrogens (tertiary/aromatic N) is 3. The first-order valence-corrected chi connectivity index (χ1v) is 12.6. The average Bonchev–Trinajstić information content (AvgIpc) is 3.29. The average molecular weight is 495 g/mol. The number of aromatic nitrogens is 2. The van der Waals surface area contributed by atoms with Gasteiger partial charge >= 0.3 is 0 Å². The van der Waals surface area contributed by atoms with Crippen molar-refractivity contribution in [3.8, 4) is 11.5 Å². The predicted molar refractivity (Wildman–Crippen MR) is 120 cm³/mol. The molecule has 0 spiro atoms. The lowest BCUT2D eigenvalue weighted by atomic mass is 10.1. The van der Waals surface area contributed by atoms with Crippen LogP contribution in [0.3, 0.4) is 0 Å². The largest absolute Gasteiger partial charge is 0.411 e. The van der Waals surface area contributed by atoms with E-state index in [0.29, 0.717) is 29.7 Å². The molecule has 0 aliphatic carbocycles. The zero-order valence-electron chi connectivity index (χ0n) is 16.9. The number of carbonyl (C=O) groups is 1. The van der Waals surface area contributed by atoms with Crippen LogP contribution in [0.25, 0.3) is 11.5 Å². The van der Waals surface area contributed by atoms with E-state index in [9.17, 15) is 13.2 Å². The molecule has 168 valence electrons. The molecule has 2 aromatic carbocycles. The van der Waals surface area contributed by atoms with Crippen molar-refractivity contribution < 1.29 is 22.4 Å². The molecule has 0 bridgehead atoms. The molecule has 2 heterocycles. The number of ether oxygens (including phenoxy) is 1. The van der Waals surface area contributed by atoms with Crippen LogP contribution >= 0.6 is 23.4 Å². The van der Waals surface area contributed by atoms with E-state index in [1.165, 1.54) is 34.3 Å². The lowest BCUT2D eigenvalue weighted by molar-refractivity contribution is 0.0730. The molecule has 1 N–H and O–H groups in total. The van der Waals surface area contributed by atoms with Gasteiger partial charge in [-0.05, 0) is 36.6 Å². The maximum absolute atomic E-state index is 13.0. The van der Waals surface area contributed by atoms with Crippen LogP contribution in [0.15, 0.2) is 57.0 Å². The number of nitrogens with one attached hydrogen (secondary N) is 1. The molecule has 3 aromatic rings. The number of amides is 1. The third kappa shape index (κ3) is 4.66. The van der Waals surface area contributed by atoms with Crippen molar-refractivity contribution >= 4 is 45.0 Å². The normalized spacial score (nSPS) is 14.9. The Morgan fingerprint density at radius 3 is 2.62 bits per heavy atom. The molecule has 1 aliphatic heterocycles. The zero-order chi connectivity index (χ0) is 22.7. The maximum Gasteiger partial charge on any atom is 0.276 e. The molecule has 0 saturated carbocycles. The highest BCUT2D eigenvalue weighted by Crippen LogP contribution is 2.30. The van der Waals surface area contributed by atoms with Crippen molar-refractivity contribution in [2.75, 3.05) is 37.9 Å². The summed E-state index contributed by atoms with van der Waals surface area (Å²) in [6.45, 7) is 1.07.